The molecule has 0 bridgehead atoms. The van der Waals surface area contributed by atoms with Crippen LogP contribution in [0.5, 0.6) is 0 Å². The van der Waals surface area contributed by atoms with Gasteiger partial charge in [-0.05, 0) is 29.5 Å². The number of hydrogen-bond acceptors (Lipinski definition) is 0. The number of rotatable bonds is 3. The molecule has 0 saturated heterocycles. The predicted octanol–water partition coefficient (Wildman–Crippen LogP) is 4.93. The van der Waals surface area contributed by atoms with Crippen LogP contribution in [0.1, 0.15) is 25.8 Å². The quantitative estimate of drug-likeness (QED) is 0.713. The van der Waals surface area contributed by atoms with Gasteiger partial charge in [0.15, 0.2) is 0 Å². The highest BCUT2D eigenvalue weighted by Gasteiger charge is 2.12. The number of allylic oxidation sites excluding steroid dienone is 4. The van der Waals surface area contributed by atoms with Gasteiger partial charge in [0, 0.05) is 6.42 Å². The third-order valence-corrected chi connectivity index (χ3v) is 3.43. The Morgan fingerprint density at radius 2 is 2.12 bits per heavy atom. The van der Waals surface area contributed by atoms with E-state index < -0.39 is 0 Å². The highest BCUT2D eigenvalue weighted by atomic mass is 35.5. The van der Waals surface area contributed by atoms with Gasteiger partial charge in [-0.25, -0.2) is 4.39 Å². The molecule has 1 aliphatic carbocycles. The molecule has 2 heteroatoms. The number of benzene rings is 1. The van der Waals surface area contributed by atoms with Gasteiger partial charge in [0.05, 0.1) is 5.02 Å². The van der Waals surface area contributed by atoms with Gasteiger partial charge in [0.2, 0.25) is 0 Å². The Bertz CT molecular complexity index is 484. The molecule has 1 aromatic rings. The molecular formula is C15H16ClF. The lowest BCUT2D eigenvalue weighted by molar-refractivity contribution is 0.614. The Morgan fingerprint density at radius 3 is 2.76 bits per heavy atom. The van der Waals surface area contributed by atoms with Gasteiger partial charge < -0.3 is 0 Å². The Kier molecular flexibility index (Phi) is 3.68. The van der Waals surface area contributed by atoms with Crippen molar-refractivity contribution in [2.45, 2.75) is 26.7 Å². The molecule has 0 spiro atoms. The molecule has 1 aliphatic rings. The molecule has 0 atom stereocenters. The van der Waals surface area contributed by atoms with Crippen LogP contribution in [0.3, 0.4) is 0 Å². The zero-order valence-electron chi connectivity index (χ0n) is 10.1. The summed E-state index contributed by atoms with van der Waals surface area (Å²) in [6.45, 7) is 4.37. The van der Waals surface area contributed by atoms with Crippen molar-refractivity contribution in [1.82, 2.24) is 0 Å². The van der Waals surface area contributed by atoms with E-state index in [0.717, 1.165) is 6.42 Å². The molecule has 1 aromatic carbocycles. The highest BCUT2D eigenvalue weighted by molar-refractivity contribution is 6.30. The summed E-state index contributed by atoms with van der Waals surface area (Å²) in [4.78, 5) is 0. The Balaban J connectivity index is 2.15. The summed E-state index contributed by atoms with van der Waals surface area (Å²) in [6, 6.07) is 5.17. The second kappa shape index (κ2) is 5.05. The number of halogens is 2. The fraction of sp³-hybridized carbons (Fsp3) is 0.333. The lowest BCUT2D eigenvalue weighted by Gasteiger charge is -2.05. The molecule has 0 fully saturated rings. The van der Waals surface area contributed by atoms with Gasteiger partial charge >= 0.3 is 0 Å². The van der Waals surface area contributed by atoms with Gasteiger partial charge in [0.25, 0.3) is 0 Å². The fourth-order valence-electron chi connectivity index (χ4n) is 2.04. The zero-order chi connectivity index (χ0) is 12.4. The van der Waals surface area contributed by atoms with Crippen molar-refractivity contribution in [2.75, 3.05) is 0 Å². The Morgan fingerprint density at radius 1 is 1.35 bits per heavy atom. The van der Waals surface area contributed by atoms with Crippen molar-refractivity contribution in [1.29, 1.82) is 0 Å². The van der Waals surface area contributed by atoms with Crippen LogP contribution in [0.2, 0.25) is 5.02 Å². The van der Waals surface area contributed by atoms with E-state index in [1.807, 2.05) is 0 Å². The van der Waals surface area contributed by atoms with Gasteiger partial charge in [-0.15, -0.1) is 0 Å². The largest absolute Gasteiger partial charge is 0.205 e. The first-order valence-electron chi connectivity index (χ1n) is 5.90. The van der Waals surface area contributed by atoms with E-state index in [1.54, 1.807) is 18.2 Å². The van der Waals surface area contributed by atoms with Crippen LogP contribution < -0.4 is 0 Å². The van der Waals surface area contributed by atoms with Crippen molar-refractivity contribution >= 4 is 11.6 Å². The minimum atomic E-state index is -0.290. The summed E-state index contributed by atoms with van der Waals surface area (Å²) in [7, 11) is 0. The second-order valence-electron chi connectivity index (χ2n) is 4.75. The van der Waals surface area contributed by atoms with E-state index in [0.29, 0.717) is 17.9 Å². The summed E-state index contributed by atoms with van der Waals surface area (Å²) in [5.74, 6) is 0.273. The second-order valence-corrected chi connectivity index (χ2v) is 5.15. The monoisotopic (exact) mass is 250 g/mol. The van der Waals surface area contributed by atoms with Crippen LogP contribution in [0, 0.1) is 11.7 Å². The molecule has 0 radical (unpaired) electrons. The minimum absolute atomic E-state index is 0.203. The summed E-state index contributed by atoms with van der Waals surface area (Å²) in [6.07, 6.45) is 5.98. The van der Waals surface area contributed by atoms with E-state index in [-0.39, 0.29) is 10.8 Å². The summed E-state index contributed by atoms with van der Waals surface area (Å²) in [5, 5.41) is 0.203. The molecule has 2 rings (SSSR count). The molecule has 0 N–H and O–H groups in total. The standard InChI is InChI=1S/C15H16ClF/c1-10(2)12-7-6-11(8-12)9-13-4-3-5-14(16)15(13)17/h3-6,8,10H,7,9H2,1-2H3. The minimum Gasteiger partial charge on any atom is -0.205 e. The molecule has 17 heavy (non-hydrogen) atoms. The molecule has 0 unspecified atom stereocenters. The molecular weight excluding hydrogens is 235 g/mol. The van der Waals surface area contributed by atoms with Crippen molar-refractivity contribution in [3.63, 3.8) is 0 Å². The van der Waals surface area contributed by atoms with Crippen molar-refractivity contribution in [3.05, 3.63) is 57.9 Å². The predicted molar refractivity (Wildman–Crippen MR) is 70.7 cm³/mol. The van der Waals surface area contributed by atoms with Gasteiger partial charge in [-0.1, -0.05) is 55.3 Å². The molecule has 0 amide bonds. The third kappa shape index (κ3) is 2.78. The van der Waals surface area contributed by atoms with E-state index in [4.69, 9.17) is 11.6 Å². The average Bonchev–Trinajstić information content (AvgIpc) is 2.73. The van der Waals surface area contributed by atoms with E-state index in [1.165, 1.54) is 11.1 Å². The van der Waals surface area contributed by atoms with Crippen LogP contribution >= 0.6 is 11.6 Å². The van der Waals surface area contributed by atoms with Gasteiger partial charge in [0.1, 0.15) is 5.82 Å². The van der Waals surface area contributed by atoms with Crippen molar-refractivity contribution in [3.8, 4) is 0 Å². The topological polar surface area (TPSA) is 0 Å². The lowest BCUT2D eigenvalue weighted by Crippen LogP contribution is -1.93. The maximum atomic E-state index is 13.7. The molecule has 0 aliphatic heterocycles. The molecule has 0 heterocycles. The normalized spacial score (nSPS) is 15.1. The summed E-state index contributed by atoms with van der Waals surface area (Å²) < 4.78 is 13.7. The molecule has 90 valence electrons. The Hall–Kier alpha value is -1.08. The Labute approximate surface area is 107 Å². The molecule has 0 aromatic heterocycles. The highest BCUT2D eigenvalue weighted by Crippen LogP contribution is 2.27. The van der Waals surface area contributed by atoms with Crippen LogP contribution in [-0.4, -0.2) is 0 Å². The van der Waals surface area contributed by atoms with Crippen LogP contribution in [0.25, 0.3) is 0 Å². The first kappa shape index (κ1) is 12.4. The van der Waals surface area contributed by atoms with E-state index in [2.05, 4.69) is 26.0 Å². The first-order chi connectivity index (χ1) is 8.08. The third-order valence-electron chi connectivity index (χ3n) is 3.14. The van der Waals surface area contributed by atoms with Crippen LogP contribution in [0.4, 0.5) is 4.39 Å². The maximum Gasteiger partial charge on any atom is 0.145 e. The average molecular weight is 251 g/mol. The van der Waals surface area contributed by atoms with Gasteiger partial charge in [-0.3, -0.25) is 0 Å². The summed E-state index contributed by atoms with van der Waals surface area (Å²) in [5.41, 5.74) is 3.28. The van der Waals surface area contributed by atoms with Crippen molar-refractivity contribution < 1.29 is 4.39 Å². The lowest BCUT2D eigenvalue weighted by atomic mass is 10.0. The van der Waals surface area contributed by atoms with Crippen LogP contribution in [-0.2, 0) is 6.42 Å². The number of hydrogen-bond donors (Lipinski definition) is 0. The first-order valence-corrected chi connectivity index (χ1v) is 6.28. The van der Waals surface area contributed by atoms with E-state index in [9.17, 15) is 4.39 Å². The van der Waals surface area contributed by atoms with Crippen molar-refractivity contribution in [2.24, 2.45) is 5.92 Å². The van der Waals surface area contributed by atoms with Crippen LogP contribution in [0.15, 0.2) is 41.5 Å². The zero-order valence-corrected chi connectivity index (χ0v) is 10.9. The SMILES string of the molecule is CC(C)C1=CC(Cc2cccc(Cl)c2F)=CC1. The van der Waals surface area contributed by atoms with E-state index >= 15 is 0 Å². The fourth-order valence-corrected chi connectivity index (χ4v) is 2.23. The summed E-state index contributed by atoms with van der Waals surface area (Å²) >= 11 is 5.77. The molecule has 0 saturated carbocycles. The molecule has 0 nitrogen and oxygen atoms in total. The van der Waals surface area contributed by atoms with Gasteiger partial charge in [-0.2, -0.15) is 0 Å². The maximum absolute atomic E-state index is 13.7. The smallest absolute Gasteiger partial charge is 0.145 e.